The molecule has 2 aliphatic heterocycles. The molecule has 2 fully saturated rings. The van der Waals surface area contributed by atoms with Crippen molar-refractivity contribution < 1.29 is 19.1 Å². The molecule has 0 aromatic rings. The molecule has 8 nitrogen and oxygen atoms in total. The number of hydrogen-bond donors (Lipinski definition) is 3. The van der Waals surface area contributed by atoms with E-state index in [0.29, 0.717) is 26.3 Å². The van der Waals surface area contributed by atoms with Crippen LogP contribution in [0.4, 0.5) is 0 Å². The molecule has 22 heavy (non-hydrogen) atoms. The van der Waals surface area contributed by atoms with Gasteiger partial charge in [-0.25, -0.2) is 0 Å². The summed E-state index contributed by atoms with van der Waals surface area (Å²) < 4.78 is 5.21. The zero-order valence-corrected chi connectivity index (χ0v) is 13.4. The minimum Gasteiger partial charge on any atom is -0.378 e. The monoisotopic (exact) mass is 330 g/mol. The Morgan fingerprint density at radius 1 is 1.41 bits per heavy atom. The average molecular weight is 330 g/mol. The molecule has 2 rings (SSSR count). The number of nitrogens with zero attached hydrogens (tertiary/aromatic N) is 1. The van der Waals surface area contributed by atoms with Gasteiger partial charge in [-0.05, 0) is 0 Å². The second-order valence-electron chi connectivity index (χ2n) is 5.20. The molecule has 2 atom stereocenters. The van der Waals surface area contributed by atoms with Crippen molar-refractivity contribution in [3.63, 3.8) is 0 Å². The highest BCUT2D eigenvalue weighted by Crippen LogP contribution is 2.15. The third-order valence-corrected chi connectivity index (χ3v) is 4.56. The first kappa shape index (κ1) is 17.0. The third-order valence-electron chi connectivity index (χ3n) is 3.56. The number of rotatable bonds is 5. The Labute approximate surface area is 133 Å². The lowest BCUT2D eigenvalue weighted by molar-refractivity contribution is -0.132. The smallest absolute Gasteiger partial charge is 0.232 e. The molecular weight excluding hydrogens is 308 g/mol. The lowest BCUT2D eigenvalue weighted by Gasteiger charge is -2.32. The number of nitrogens with one attached hydrogen (secondary N) is 3. The number of morpholine rings is 1. The Morgan fingerprint density at radius 2 is 2.14 bits per heavy atom. The first-order chi connectivity index (χ1) is 10.6. The predicted octanol–water partition coefficient (Wildman–Crippen LogP) is -1.52. The fourth-order valence-corrected chi connectivity index (χ4v) is 3.34. The maximum absolute atomic E-state index is 12.1. The van der Waals surface area contributed by atoms with Crippen molar-refractivity contribution in [3.05, 3.63) is 0 Å². The van der Waals surface area contributed by atoms with Gasteiger partial charge >= 0.3 is 0 Å². The van der Waals surface area contributed by atoms with Crippen LogP contribution in [0.3, 0.4) is 0 Å². The number of carbonyl (C=O) groups is 3. The van der Waals surface area contributed by atoms with Gasteiger partial charge in [0.2, 0.25) is 17.7 Å². The van der Waals surface area contributed by atoms with Gasteiger partial charge in [-0.3, -0.25) is 19.7 Å². The second-order valence-corrected chi connectivity index (χ2v) is 6.29. The maximum atomic E-state index is 12.1. The first-order valence-electron chi connectivity index (χ1n) is 7.31. The van der Waals surface area contributed by atoms with Crippen LogP contribution in [-0.2, 0) is 19.1 Å². The van der Waals surface area contributed by atoms with Crippen LogP contribution >= 0.6 is 11.8 Å². The van der Waals surface area contributed by atoms with Gasteiger partial charge in [-0.2, -0.15) is 0 Å². The number of ether oxygens (including phenoxy) is 1. The Morgan fingerprint density at radius 3 is 2.82 bits per heavy atom. The van der Waals surface area contributed by atoms with Crippen LogP contribution in [0.15, 0.2) is 0 Å². The summed E-state index contributed by atoms with van der Waals surface area (Å²) in [6.07, 6.45) is 0.514. The van der Waals surface area contributed by atoms with Crippen LogP contribution in [0.2, 0.25) is 0 Å². The van der Waals surface area contributed by atoms with E-state index < -0.39 is 0 Å². The van der Waals surface area contributed by atoms with Gasteiger partial charge in [-0.1, -0.05) is 0 Å². The molecule has 2 saturated heterocycles. The second kappa shape index (κ2) is 8.35. The highest BCUT2D eigenvalue weighted by atomic mass is 32.2. The van der Waals surface area contributed by atoms with E-state index in [0.717, 1.165) is 0 Å². The fraction of sp³-hybridized carbons (Fsp3) is 0.769. The Bertz CT molecular complexity index is 428. The van der Waals surface area contributed by atoms with Crippen molar-refractivity contribution in [2.24, 2.45) is 0 Å². The van der Waals surface area contributed by atoms with Gasteiger partial charge in [0.25, 0.3) is 0 Å². The molecule has 2 aliphatic rings. The van der Waals surface area contributed by atoms with Crippen LogP contribution in [0.25, 0.3) is 0 Å². The Hall–Kier alpha value is -1.32. The minimum atomic E-state index is -0.346. The first-order valence-corrected chi connectivity index (χ1v) is 8.36. The Balaban J connectivity index is 1.77. The number of amides is 3. The third kappa shape index (κ3) is 5.15. The van der Waals surface area contributed by atoms with Crippen LogP contribution in [0, 0.1) is 0 Å². The van der Waals surface area contributed by atoms with E-state index in [4.69, 9.17) is 4.74 Å². The van der Waals surface area contributed by atoms with Crippen molar-refractivity contribution in [2.75, 3.05) is 39.1 Å². The maximum Gasteiger partial charge on any atom is 0.232 e. The van der Waals surface area contributed by atoms with E-state index in [1.807, 2.05) is 0 Å². The SMILES string of the molecule is CNC(=O)CC1CC(=O)NC(SCC(=O)N2CCOCC2)N1. The summed E-state index contributed by atoms with van der Waals surface area (Å²) >= 11 is 1.33. The summed E-state index contributed by atoms with van der Waals surface area (Å²) in [6, 6.07) is -0.204. The van der Waals surface area contributed by atoms with E-state index in [2.05, 4.69) is 16.0 Å². The van der Waals surface area contributed by atoms with Gasteiger partial charge in [0.1, 0.15) is 5.50 Å². The average Bonchev–Trinajstić information content (AvgIpc) is 2.52. The molecule has 0 radical (unpaired) electrons. The van der Waals surface area contributed by atoms with E-state index in [-0.39, 0.29) is 47.9 Å². The van der Waals surface area contributed by atoms with Gasteiger partial charge in [0.05, 0.1) is 19.0 Å². The summed E-state index contributed by atoms with van der Waals surface area (Å²) in [5.41, 5.74) is -0.346. The van der Waals surface area contributed by atoms with E-state index in [9.17, 15) is 14.4 Å². The molecule has 0 spiro atoms. The summed E-state index contributed by atoms with van der Waals surface area (Å²) in [4.78, 5) is 36.9. The van der Waals surface area contributed by atoms with Crippen molar-refractivity contribution in [1.82, 2.24) is 20.9 Å². The minimum absolute atomic E-state index is 0.0396. The van der Waals surface area contributed by atoms with Crippen LogP contribution < -0.4 is 16.0 Å². The van der Waals surface area contributed by atoms with Gasteiger partial charge in [-0.15, -0.1) is 11.8 Å². The van der Waals surface area contributed by atoms with Crippen molar-refractivity contribution in [2.45, 2.75) is 24.4 Å². The van der Waals surface area contributed by atoms with Crippen molar-refractivity contribution >= 4 is 29.5 Å². The molecule has 0 bridgehead atoms. The molecule has 0 saturated carbocycles. The van der Waals surface area contributed by atoms with Crippen molar-refractivity contribution in [3.8, 4) is 0 Å². The number of hydrogen-bond acceptors (Lipinski definition) is 6. The lowest BCUT2D eigenvalue weighted by Crippen LogP contribution is -2.56. The predicted molar refractivity (Wildman–Crippen MR) is 82.0 cm³/mol. The molecule has 2 unspecified atom stereocenters. The summed E-state index contributed by atoms with van der Waals surface area (Å²) in [6.45, 7) is 2.37. The van der Waals surface area contributed by atoms with Crippen LogP contribution in [-0.4, -0.2) is 73.3 Å². The highest BCUT2D eigenvalue weighted by Gasteiger charge is 2.28. The molecule has 0 aromatic carbocycles. The molecule has 0 aliphatic carbocycles. The number of carbonyl (C=O) groups excluding carboxylic acids is 3. The van der Waals surface area contributed by atoms with Gasteiger partial charge in [0.15, 0.2) is 0 Å². The van der Waals surface area contributed by atoms with Gasteiger partial charge < -0.3 is 20.3 Å². The largest absolute Gasteiger partial charge is 0.378 e. The summed E-state index contributed by atoms with van der Waals surface area (Å²) in [5, 5.41) is 8.51. The Kier molecular flexibility index (Phi) is 6.47. The number of thioether (sulfide) groups is 1. The van der Waals surface area contributed by atoms with E-state index in [1.54, 1.807) is 11.9 Å². The standard InChI is InChI=1S/C13H22N4O4S/c1-14-10(18)6-9-7-11(19)16-13(15-9)22-8-12(20)17-2-4-21-5-3-17/h9,13,15H,2-8H2,1H3,(H,14,18)(H,16,19). The lowest BCUT2D eigenvalue weighted by atomic mass is 10.1. The fourth-order valence-electron chi connectivity index (χ4n) is 2.35. The zero-order valence-electron chi connectivity index (χ0n) is 12.6. The topological polar surface area (TPSA) is 99.8 Å². The molecule has 2 heterocycles. The molecule has 3 amide bonds. The zero-order chi connectivity index (χ0) is 15.9. The molecule has 3 N–H and O–H groups in total. The highest BCUT2D eigenvalue weighted by molar-refractivity contribution is 8.00. The quantitative estimate of drug-likeness (QED) is 0.566. The van der Waals surface area contributed by atoms with Crippen LogP contribution in [0.5, 0.6) is 0 Å². The summed E-state index contributed by atoms with van der Waals surface area (Å²) in [5.74, 6) is 0.104. The van der Waals surface area contributed by atoms with Gasteiger partial charge in [0, 0.05) is 39.0 Å². The molecule has 9 heteroatoms. The normalized spacial score (nSPS) is 25.5. The summed E-state index contributed by atoms with van der Waals surface area (Å²) in [7, 11) is 1.57. The van der Waals surface area contributed by atoms with Crippen molar-refractivity contribution in [1.29, 1.82) is 0 Å². The van der Waals surface area contributed by atoms with Crippen LogP contribution in [0.1, 0.15) is 12.8 Å². The van der Waals surface area contributed by atoms with E-state index >= 15 is 0 Å². The molecule has 124 valence electrons. The molecule has 0 aromatic heterocycles. The van der Waals surface area contributed by atoms with E-state index in [1.165, 1.54) is 11.8 Å². The molecular formula is C13H22N4O4S.